The fourth-order valence-electron chi connectivity index (χ4n) is 11.2. The molecule has 0 atom stereocenters. The molecule has 115 heavy (non-hydrogen) atoms. The first-order chi connectivity index (χ1) is 55.5. The van der Waals surface area contributed by atoms with Gasteiger partial charge in [-0.3, -0.25) is 67.1 Å². The zero-order valence-corrected chi connectivity index (χ0v) is 69.2. The molecule has 0 aromatic carbocycles. The monoisotopic (exact) mass is 1640 g/mol. The van der Waals surface area contributed by atoms with Crippen molar-refractivity contribution in [3.63, 3.8) is 0 Å². The van der Waals surface area contributed by atoms with Gasteiger partial charge in [-0.2, -0.15) is 0 Å². The Kier molecular flexibility index (Phi) is 68.5. The lowest BCUT2D eigenvalue weighted by Crippen LogP contribution is -2.42. The molecule has 28 N–H and O–H groups in total. The maximum absolute atomic E-state index is 13.4. The lowest BCUT2D eigenvalue weighted by Gasteiger charge is -2.24. The Labute approximate surface area is 681 Å². The van der Waals surface area contributed by atoms with Crippen LogP contribution in [0.15, 0.2) is 0 Å². The van der Waals surface area contributed by atoms with E-state index in [1.54, 1.807) is 0 Å². The van der Waals surface area contributed by atoms with E-state index >= 15 is 0 Å². The predicted octanol–water partition coefficient (Wildman–Crippen LogP) is -10.7. The number of rotatable bonds is 77. The maximum atomic E-state index is 13.4. The molecule has 0 aliphatic rings. The fourth-order valence-corrected chi connectivity index (χ4v) is 11.2. The smallest absolute Gasteiger partial charge is 0.221 e. The van der Waals surface area contributed by atoms with Gasteiger partial charge in [0.15, 0.2) is 0 Å². The summed E-state index contributed by atoms with van der Waals surface area (Å²) < 4.78 is 0. The highest BCUT2D eigenvalue weighted by molar-refractivity contribution is 5.81. The van der Waals surface area contributed by atoms with Crippen LogP contribution in [0.3, 0.4) is 0 Å². The van der Waals surface area contributed by atoms with Crippen molar-refractivity contribution in [2.45, 2.75) is 110 Å². The minimum atomic E-state index is -0.282. The number of carbonyl (C=O) groups is 14. The molecule has 0 aliphatic carbocycles. The molecule has 0 heterocycles. The van der Waals surface area contributed by atoms with Gasteiger partial charge < -0.3 is 149 Å². The molecular formula is C73H148N28O14. The molecule has 14 amide bonds. The Bertz CT molecular complexity index is 2300. The van der Waals surface area contributed by atoms with Crippen LogP contribution < -0.4 is 115 Å². The fraction of sp³-hybridized carbons (Fsp3) is 0.808. The Balaban J connectivity index is 6.15. The molecule has 0 spiro atoms. The van der Waals surface area contributed by atoms with Crippen molar-refractivity contribution in [3.05, 3.63) is 0 Å². The van der Waals surface area contributed by atoms with Crippen LogP contribution in [0.4, 0.5) is 0 Å². The number of nitrogens with two attached hydrogens (primary N) is 7. The molecule has 42 nitrogen and oxygen atoms in total. The van der Waals surface area contributed by atoms with Gasteiger partial charge in [0.25, 0.3) is 0 Å². The van der Waals surface area contributed by atoms with Crippen molar-refractivity contribution in [2.75, 3.05) is 275 Å². The predicted molar refractivity (Wildman–Crippen MR) is 441 cm³/mol. The lowest BCUT2D eigenvalue weighted by molar-refractivity contribution is -0.123. The molecule has 664 valence electrons. The second kappa shape index (κ2) is 73.6. The summed E-state index contributed by atoms with van der Waals surface area (Å²) in [4.78, 5) is 193. The molecule has 0 saturated heterocycles. The molecular weight excluding hydrogens is 1490 g/mol. The largest absolute Gasteiger partial charge is 0.356 e. The first-order valence-corrected chi connectivity index (χ1v) is 41.2. The van der Waals surface area contributed by atoms with E-state index in [0.29, 0.717) is 157 Å². The summed E-state index contributed by atoms with van der Waals surface area (Å²) in [5.41, 5.74) is 38.8. The van der Waals surface area contributed by atoms with Gasteiger partial charge in [-0.05, 0) is 13.0 Å². The molecule has 0 aromatic heterocycles. The van der Waals surface area contributed by atoms with Crippen LogP contribution in [-0.4, -0.2) is 392 Å². The van der Waals surface area contributed by atoms with Crippen LogP contribution in [0, 0.1) is 0 Å². The Morgan fingerprint density at radius 3 is 0.391 bits per heavy atom. The summed E-state index contributed by atoms with van der Waals surface area (Å²) in [6.45, 7) is 16.7. The zero-order chi connectivity index (χ0) is 85.3. The van der Waals surface area contributed by atoms with Gasteiger partial charge in [-0.1, -0.05) is 13.8 Å². The Morgan fingerprint density at radius 2 is 0.278 bits per heavy atom. The highest BCUT2D eigenvalue weighted by Gasteiger charge is 2.21. The van der Waals surface area contributed by atoms with E-state index in [1.807, 2.05) is 48.1 Å². The van der Waals surface area contributed by atoms with Crippen molar-refractivity contribution in [3.8, 4) is 0 Å². The van der Waals surface area contributed by atoms with Gasteiger partial charge in [-0.15, -0.1) is 0 Å². The number of hydrogen-bond donors (Lipinski definition) is 21. The minimum Gasteiger partial charge on any atom is -0.356 e. The van der Waals surface area contributed by atoms with E-state index in [4.69, 9.17) is 40.1 Å². The van der Waals surface area contributed by atoms with Gasteiger partial charge in [0.2, 0.25) is 82.7 Å². The Morgan fingerprint density at radius 1 is 0.165 bits per heavy atom. The number of carbonyl (C=O) groups excluding carboxylic acids is 14. The number of amides is 14. The first-order valence-electron chi connectivity index (χ1n) is 41.2. The third-order valence-corrected chi connectivity index (χ3v) is 18.0. The summed E-state index contributed by atoms with van der Waals surface area (Å²) in [6, 6.07) is 0. The van der Waals surface area contributed by atoms with E-state index in [1.165, 1.54) is 0 Å². The lowest BCUT2D eigenvalue weighted by atomic mass is 10.2. The van der Waals surface area contributed by atoms with Crippen molar-refractivity contribution in [1.29, 1.82) is 0 Å². The molecule has 0 rings (SSSR count). The van der Waals surface area contributed by atoms with Gasteiger partial charge in [0, 0.05) is 358 Å². The summed E-state index contributed by atoms with van der Waals surface area (Å²) in [7, 11) is 0. The van der Waals surface area contributed by atoms with E-state index in [9.17, 15) is 67.1 Å². The number of nitrogens with one attached hydrogen (secondary N) is 14. The van der Waals surface area contributed by atoms with E-state index in [-0.39, 0.29) is 290 Å². The SMILES string of the molecule is CCCNC(=O)CCN(CCNC(=O)CCN(CCNC(=O)CCN(CC)CCC(=O)NCCN(CCC(=O)NCCN(CCC(=O)NCCN)CCC(=O)NCCN)CCC(=O)NCCN(CCC(=O)NCCN)CCC(=O)NCCN)CCC(=O)NCCN(CCC(=O)NCCN)CCC(=O)NCCN)CCC(=O)NCCN. The standard InChI is InChI=1S/C73H148N28O14/c1-3-26-81-60(102)7-42-96(43-8-61(103)82-27-19-74)56-36-91-70(112)15-50-100(51-16-71(113)92-37-57-97(44-9-62(104)83-28-20-75)45-10-63(105)84-29-21-76)54-34-89-68(110)5-40-95(4-2)41-6-69(111)90-35-55-101(52-17-72(114)93-38-58-98(46-11-64(106)85-30-22-77)47-12-65(107)86-31-23-78)53-18-73(115)94-39-59-99(48-13-66(108)87-32-24-79)49-14-67(109)88-33-25-80/h3-59,74-80H2,1-2H3,(H,81,102)(H,82,103)(H,83,104)(H,84,105)(H,85,106)(H,86,107)(H,87,108)(H,88,109)(H,89,110)(H,90,111)(H,91,112)(H,92,113)(H,93,114)(H,94,115). The van der Waals surface area contributed by atoms with Crippen LogP contribution in [0.25, 0.3) is 0 Å². The van der Waals surface area contributed by atoms with Gasteiger partial charge in [0.05, 0.1) is 0 Å². The number of nitrogens with zero attached hydrogens (tertiary/aromatic N) is 7. The van der Waals surface area contributed by atoms with Crippen LogP contribution in [-0.2, 0) is 67.1 Å². The van der Waals surface area contributed by atoms with E-state index in [0.717, 1.165) is 6.42 Å². The summed E-state index contributed by atoms with van der Waals surface area (Å²) in [5, 5.41) is 39.6. The van der Waals surface area contributed by atoms with Crippen molar-refractivity contribution in [2.24, 2.45) is 40.1 Å². The summed E-state index contributed by atoms with van der Waals surface area (Å²) in [6.07, 6.45) is 2.48. The second-order valence-corrected chi connectivity index (χ2v) is 27.4. The summed E-state index contributed by atoms with van der Waals surface area (Å²) >= 11 is 0. The molecule has 0 aliphatic heterocycles. The zero-order valence-electron chi connectivity index (χ0n) is 69.2. The van der Waals surface area contributed by atoms with Gasteiger partial charge >= 0.3 is 0 Å². The average Bonchev–Trinajstić information content (AvgIpc) is 0.957. The quantitative estimate of drug-likeness (QED) is 0.0269. The molecule has 0 fully saturated rings. The van der Waals surface area contributed by atoms with Crippen LogP contribution in [0.1, 0.15) is 110 Å². The molecule has 0 radical (unpaired) electrons. The van der Waals surface area contributed by atoms with E-state index < -0.39 is 0 Å². The average molecular weight is 1640 g/mol. The molecule has 42 heteroatoms. The van der Waals surface area contributed by atoms with Crippen LogP contribution >= 0.6 is 0 Å². The summed E-state index contributed by atoms with van der Waals surface area (Å²) in [5.74, 6) is -3.10. The maximum Gasteiger partial charge on any atom is 0.221 e. The molecule has 0 bridgehead atoms. The van der Waals surface area contributed by atoms with Gasteiger partial charge in [0.1, 0.15) is 0 Å². The van der Waals surface area contributed by atoms with Crippen LogP contribution in [0.5, 0.6) is 0 Å². The highest BCUT2D eigenvalue weighted by atomic mass is 16.2. The normalized spacial score (nSPS) is 11.2. The van der Waals surface area contributed by atoms with Crippen molar-refractivity contribution >= 4 is 82.7 Å². The van der Waals surface area contributed by atoms with Crippen molar-refractivity contribution < 1.29 is 67.1 Å². The minimum absolute atomic E-state index is 0.0392. The highest BCUT2D eigenvalue weighted by Crippen LogP contribution is 2.04. The third kappa shape index (κ3) is 65.8. The van der Waals surface area contributed by atoms with E-state index in [2.05, 4.69) is 74.4 Å². The Hall–Kier alpha value is -7.98. The first kappa shape index (κ1) is 107. The van der Waals surface area contributed by atoms with Crippen molar-refractivity contribution in [1.82, 2.24) is 109 Å². The van der Waals surface area contributed by atoms with Crippen LogP contribution in [0.2, 0.25) is 0 Å². The molecule has 0 unspecified atom stereocenters. The number of hydrogen-bond acceptors (Lipinski definition) is 28. The second-order valence-electron chi connectivity index (χ2n) is 27.4. The third-order valence-electron chi connectivity index (χ3n) is 18.0. The molecule has 0 saturated carbocycles. The topological polar surface area (TPSA) is 612 Å². The molecule has 0 aromatic rings. The van der Waals surface area contributed by atoms with Gasteiger partial charge in [-0.25, -0.2) is 0 Å².